The molecule has 0 N–H and O–H groups in total. The Morgan fingerprint density at radius 2 is 2.21 bits per heavy atom. The second-order valence-electron chi connectivity index (χ2n) is 4.25. The summed E-state index contributed by atoms with van der Waals surface area (Å²) in [5.74, 6) is 0.680. The third kappa shape index (κ3) is 1.65. The van der Waals surface area contributed by atoms with Crippen LogP contribution in [-0.2, 0) is 6.54 Å². The first-order valence-electron chi connectivity index (χ1n) is 5.08. The van der Waals surface area contributed by atoms with Crippen molar-refractivity contribution in [3.8, 4) is 0 Å². The molecule has 0 amide bonds. The van der Waals surface area contributed by atoms with E-state index in [2.05, 4.69) is 41.7 Å². The Morgan fingerprint density at radius 1 is 1.43 bits per heavy atom. The van der Waals surface area contributed by atoms with Crippen LogP contribution in [0, 0.1) is 12.8 Å². The van der Waals surface area contributed by atoms with Gasteiger partial charge in [-0.2, -0.15) is 0 Å². The summed E-state index contributed by atoms with van der Waals surface area (Å²) < 4.78 is 2.30. The molecule has 2 aromatic heterocycles. The molecule has 0 aliphatic rings. The standard InChI is InChI=1S/C12H16N2/c1-9(2)8-14-5-4-11-7-13-10(3)6-12(11)14/h4-7,9H,8H2,1-3H3. The van der Waals surface area contributed by atoms with Crippen LogP contribution >= 0.6 is 0 Å². The van der Waals surface area contributed by atoms with Gasteiger partial charge < -0.3 is 4.57 Å². The summed E-state index contributed by atoms with van der Waals surface area (Å²) in [5.41, 5.74) is 2.38. The average molecular weight is 188 g/mol. The number of hydrogen-bond donors (Lipinski definition) is 0. The Hall–Kier alpha value is -1.31. The van der Waals surface area contributed by atoms with Gasteiger partial charge in [-0.3, -0.25) is 4.98 Å². The highest BCUT2D eigenvalue weighted by Crippen LogP contribution is 2.16. The summed E-state index contributed by atoms with van der Waals surface area (Å²) in [4.78, 5) is 4.29. The number of aryl methyl sites for hydroxylation is 1. The van der Waals surface area contributed by atoms with Crippen LogP contribution in [0.1, 0.15) is 19.5 Å². The van der Waals surface area contributed by atoms with E-state index in [0.717, 1.165) is 12.2 Å². The molecular weight excluding hydrogens is 172 g/mol. The van der Waals surface area contributed by atoms with Gasteiger partial charge in [-0.25, -0.2) is 0 Å². The van der Waals surface area contributed by atoms with Gasteiger partial charge in [-0.1, -0.05) is 13.8 Å². The maximum absolute atomic E-state index is 4.29. The fraction of sp³-hybridized carbons (Fsp3) is 0.417. The number of nitrogens with zero attached hydrogens (tertiary/aromatic N) is 2. The van der Waals surface area contributed by atoms with Crippen LogP contribution in [0.25, 0.3) is 10.9 Å². The molecule has 74 valence electrons. The van der Waals surface area contributed by atoms with E-state index < -0.39 is 0 Å². The molecule has 0 aliphatic heterocycles. The quantitative estimate of drug-likeness (QED) is 0.708. The Bertz CT molecular complexity index is 441. The lowest BCUT2D eigenvalue weighted by Crippen LogP contribution is -2.02. The van der Waals surface area contributed by atoms with Gasteiger partial charge >= 0.3 is 0 Å². The fourth-order valence-electron chi connectivity index (χ4n) is 1.74. The predicted octanol–water partition coefficient (Wildman–Crippen LogP) is 3.00. The molecule has 2 heteroatoms. The normalized spacial score (nSPS) is 11.4. The molecule has 14 heavy (non-hydrogen) atoms. The highest BCUT2D eigenvalue weighted by molar-refractivity contribution is 5.79. The van der Waals surface area contributed by atoms with E-state index in [1.165, 1.54) is 10.9 Å². The van der Waals surface area contributed by atoms with E-state index in [-0.39, 0.29) is 0 Å². The van der Waals surface area contributed by atoms with E-state index in [1.807, 2.05) is 13.1 Å². The van der Waals surface area contributed by atoms with Gasteiger partial charge in [-0.05, 0) is 25.0 Å². The Labute approximate surface area is 84.6 Å². The molecule has 2 nitrogen and oxygen atoms in total. The van der Waals surface area contributed by atoms with Crippen molar-refractivity contribution in [1.82, 2.24) is 9.55 Å². The summed E-state index contributed by atoms with van der Waals surface area (Å²) >= 11 is 0. The van der Waals surface area contributed by atoms with Crippen molar-refractivity contribution >= 4 is 10.9 Å². The number of pyridine rings is 1. The summed E-state index contributed by atoms with van der Waals surface area (Å²) in [7, 11) is 0. The van der Waals surface area contributed by atoms with E-state index in [0.29, 0.717) is 5.92 Å². The van der Waals surface area contributed by atoms with Crippen molar-refractivity contribution < 1.29 is 0 Å². The second-order valence-corrected chi connectivity index (χ2v) is 4.25. The third-order valence-electron chi connectivity index (χ3n) is 2.35. The second kappa shape index (κ2) is 3.45. The molecule has 0 bridgehead atoms. The van der Waals surface area contributed by atoms with Gasteiger partial charge in [0.25, 0.3) is 0 Å². The van der Waals surface area contributed by atoms with E-state index in [9.17, 15) is 0 Å². The highest BCUT2D eigenvalue weighted by atomic mass is 15.0. The highest BCUT2D eigenvalue weighted by Gasteiger charge is 2.02. The van der Waals surface area contributed by atoms with E-state index >= 15 is 0 Å². The zero-order valence-corrected chi connectivity index (χ0v) is 8.99. The van der Waals surface area contributed by atoms with Gasteiger partial charge in [0, 0.05) is 30.0 Å². The predicted molar refractivity (Wildman–Crippen MR) is 59.3 cm³/mol. The summed E-state index contributed by atoms with van der Waals surface area (Å²) in [5, 5.41) is 1.23. The number of rotatable bonds is 2. The lowest BCUT2D eigenvalue weighted by molar-refractivity contribution is 0.535. The topological polar surface area (TPSA) is 17.8 Å². The van der Waals surface area contributed by atoms with E-state index in [4.69, 9.17) is 0 Å². The minimum atomic E-state index is 0.680. The van der Waals surface area contributed by atoms with Crippen LogP contribution in [0.3, 0.4) is 0 Å². The number of hydrogen-bond acceptors (Lipinski definition) is 1. The molecule has 2 heterocycles. The van der Waals surface area contributed by atoms with Gasteiger partial charge in [0.1, 0.15) is 0 Å². The van der Waals surface area contributed by atoms with Crippen molar-refractivity contribution in [2.75, 3.05) is 0 Å². The molecule has 0 atom stereocenters. The molecule has 0 fully saturated rings. The lowest BCUT2D eigenvalue weighted by atomic mass is 10.2. The van der Waals surface area contributed by atoms with Crippen molar-refractivity contribution in [2.45, 2.75) is 27.3 Å². The first-order valence-corrected chi connectivity index (χ1v) is 5.08. The van der Waals surface area contributed by atoms with E-state index in [1.54, 1.807) is 0 Å². The Balaban J connectivity index is 2.50. The van der Waals surface area contributed by atoms with Gasteiger partial charge in [0.2, 0.25) is 0 Å². The Morgan fingerprint density at radius 3 is 2.93 bits per heavy atom. The van der Waals surface area contributed by atoms with Crippen LogP contribution in [0.15, 0.2) is 24.5 Å². The minimum absolute atomic E-state index is 0.680. The maximum Gasteiger partial charge on any atom is 0.0514 e. The van der Waals surface area contributed by atoms with Crippen molar-refractivity contribution in [1.29, 1.82) is 0 Å². The molecule has 0 saturated carbocycles. The summed E-state index contributed by atoms with van der Waals surface area (Å²) in [6.07, 6.45) is 4.09. The monoisotopic (exact) mass is 188 g/mol. The molecular formula is C12H16N2. The zero-order valence-electron chi connectivity index (χ0n) is 8.99. The smallest absolute Gasteiger partial charge is 0.0514 e. The lowest BCUT2D eigenvalue weighted by Gasteiger charge is -2.08. The maximum atomic E-state index is 4.29. The molecule has 0 aromatic carbocycles. The van der Waals surface area contributed by atoms with Crippen molar-refractivity contribution in [3.05, 3.63) is 30.2 Å². The van der Waals surface area contributed by atoms with Crippen LogP contribution in [0.4, 0.5) is 0 Å². The van der Waals surface area contributed by atoms with Crippen LogP contribution < -0.4 is 0 Å². The van der Waals surface area contributed by atoms with Gasteiger partial charge in [0.15, 0.2) is 0 Å². The van der Waals surface area contributed by atoms with Crippen LogP contribution in [0.2, 0.25) is 0 Å². The van der Waals surface area contributed by atoms with Crippen LogP contribution in [-0.4, -0.2) is 9.55 Å². The zero-order chi connectivity index (χ0) is 10.1. The fourth-order valence-corrected chi connectivity index (χ4v) is 1.74. The number of aromatic nitrogens is 2. The third-order valence-corrected chi connectivity index (χ3v) is 2.35. The van der Waals surface area contributed by atoms with Crippen molar-refractivity contribution in [3.63, 3.8) is 0 Å². The number of fused-ring (bicyclic) bond motifs is 1. The molecule has 0 aliphatic carbocycles. The molecule has 2 rings (SSSR count). The summed E-state index contributed by atoms with van der Waals surface area (Å²) in [6.45, 7) is 7.58. The van der Waals surface area contributed by atoms with Crippen molar-refractivity contribution in [2.24, 2.45) is 5.92 Å². The van der Waals surface area contributed by atoms with Gasteiger partial charge in [0.05, 0.1) is 5.52 Å². The SMILES string of the molecule is Cc1cc2c(ccn2CC(C)C)cn1. The molecule has 0 radical (unpaired) electrons. The molecule has 0 spiro atoms. The van der Waals surface area contributed by atoms with Crippen LogP contribution in [0.5, 0.6) is 0 Å². The minimum Gasteiger partial charge on any atom is -0.347 e. The first kappa shape index (κ1) is 9.25. The molecule has 0 unspecified atom stereocenters. The molecule has 0 saturated heterocycles. The largest absolute Gasteiger partial charge is 0.347 e. The average Bonchev–Trinajstić information content (AvgIpc) is 2.47. The first-order chi connectivity index (χ1) is 6.66. The summed E-state index contributed by atoms with van der Waals surface area (Å²) in [6, 6.07) is 4.28. The Kier molecular flexibility index (Phi) is 2.28. The van der Waals surface area contributed by atoms with Gasteiger partial charge in [-0.15, -0.1) is 0 Å². The molecule has 2 aromatic rings.